The highest BCUT2D eigenvalue weighted by atomic mass is 16.5. The Balaban J connectivity index is 1.97. The van der Waals surface area contributed by atoms with Gasteiger partial charge in [0.2, 0.25) is 5.91 Å². The Morgan fingerprint density at radius 3 is 2.72 bits per heavy atom. The molecule has 0 atom stereocenters. The van der Waals surface area contributed by atoms with Gasteiger partial charge in [0, 0.05) is 32.2 Å². The number of hydrogen-bond acceptors (Lipinski definition) is 4. The Kier molecular flexibility index (Phi) is 3.90. The smallest absolute Gasteiger partial charge is 0.240 e. The third-order valence-electron chi connectivity index (χ3n) is 3.20. The van der Waals surface area contributed by atoms with Crippen LogP contribution < -0.4 is 5.32 Å². The van der Waals surface area contributed by atoms with Gasteiger partial charge in [0.25, 0.3) is 0 Å². The van der Waals surface area contributed by atoms with E-state index in [9.17, 15) is 10.1 Å². The molecule has 0 aliphatic carbocycles. The quantitative estimate of drug-likeness (QED) is 0.862. The zero-order valence-corrected chi connectivity index (χ0v) is 10.1. The normalized spacial score (nSPS) is 17.7. The Hall–Kier alpha value is -1.93. The van der Waals surface area contributed by atoms with Crippen molar-refractivity contribution in [3.8, 4) is 6.07 Å². The van der Waals surface area contributed by atoms with E-state index in [0.29, 0.717) is 32.6 Å². The van der Waals surface area contributed by atoms with Gasteiger partial charge in [-0.1, -0.05) is 0 Å². The fourth-order valence-electron chi connectivity index (χ4n) is 1.96. The fourth-order valence-corrected chi connectivity index (χ4v) is 1.96. The first-order chi connectivity index (χ1) is 8.77. The average Bonchev–Trinajstić information content (AvgIpc) is 2.46. The third-order valence-corrected chi connectivity index (χ3v) is 3.20. The number of aromatic nitrogens is 1. The number of nitrogens with zero attached hydrogens (tertiary/aromatic N) is 2. The van der Waals surface area contributed by atoms with Crippen LogP contribution in [0, 0.1) is 16.7 Å². The van der Waals surface area contributed by atoms with Crippen molar-refractivity contribution in [1.29, 1.82) is 5.26 Å². The van der Waals surface area contributed by atoms with Crippen LogP contribution in [0.15, 0.2) is 24.5 Å². The highest BCUT2D eigenvalue weighted by Crippen LogP contribution is 2.29. The lowest BCUT2D eigenvalue weighted by Crippen LogP contribution is -2.43. The molecule has 1 amide bonds. The SMILES string of the molecule is N#CC1(C(=O)NCc2ccncc2)CCOCC1. The fraction of sp³-hybridized carbons (Fsp3) is 0.462. The third kappa shape index (κ3) is 2.66. The Morgan fingerprint density at radius 1 is 1.44 bits per heavy atom. The van der Waals surface area contributed by atoms with Gasteiger partial charge < -0.3 is 10.1 Å². The molecule has 1 aromatic rings. The lowest BCUT2D eigenvalue weighted by atomic mass is 9.81. The largest absolute Gasteiger partial charge is 0.381 e. The molecule has 5 nitrogen and oxygen atoms in total. The summed E-state index contributed by atoms with van der Waals surface area (Å²) in [5.74, 6) is -0.204. The van der Waals surface area contributed by atoms with Crippen molar-refractivity contribution >= 4 is 5.91 Å². The summed E-state index contributed by atoms with van der Waals surface area (Å²) < 4.78 is 5.20. The van der Waals surface area contributed by atoms with Crippen LogP contribution in [0.1, 0.15) is 18.4 Å². The molecule has 0 aromatic carbocycles. The minimum Gasteiger partial charge on any atom is -0.381 e. The van der Waals surface area contributed by atoms with Crippen LogP contribution >= 0.6 is 0 Å². The summed E-state index contributed by atoms with van der Waals surface area (Å²) in [5.41, 5.74) is 0.0455. The average molecular weight is 245 g/mol. The number of hydrogen-bond donors (Lipinski definition) is 1. The highest BCUT2D eigenvalue weighted by molar-refractivity contribution is 5.85. The van der Waals surface area contributed by atoms with Gasteiger partial charge >= 0.3 is 0 Å². The first-order valence-electron chi connectivity index (χ1n) is 5.93. The van der Waals surface area contributed by atoms with Gasteiger partial charge in [0.05, 0.1) is 6.07 Å². The van der Waals surface area contributed by atoms with Crippen molar-refractivity contribution in [1.82, 2.24) is 10.3 Å². The van der Waals surface area contributed by atoms with Gasteiger partial charge in [-0.3, -0.25) is 9.78 Å². The molecule has 94 valence electrons. The first-order valence-corrected chi connectivity index (χ1v) is 5.93. The molecular formula is C13H15N3O2. The van der Waals surface area contributed by atoms with Crippen LogP contribution in [0.25, 0.3) is 0 Å². The summed E-state index contributed by atoms with van der Waals surface area (Å²) in [5, 5.41) is 12.0. The van der Waals surface area contributed by atoms with Crippen LogP contribution in [0.3, 0.4) is 0 Å². The van der Waals surface area contributed by atoms with Gasteiger partial charge in [0.1, 0.15) is 5.41 Å². The molecule has 0 bridgehead atoms. The van der Waals surface area contributed by atoms with E-state index < -0.39 is 5.41 Å². The van der Waals surface area contributed by atoms with Crippen molar-refractivity contribution in [3.05, 3.63) is 30.1 Å². The number of nitriles is 1. The van der Waals surface area contributed by atoms with Gasteiger partial charge in [0.15, 0.2) is 0 Å². The van der Waals surface area contributed by atoms with Gasteiger partial charge in [-0.2, -0.15) is 5.26 Å². The van der Waals surface area contributed by atoms with E-state index in [2.05, 4.69) is 16.4 Å². The zero-order valence-electron chi connectivity index (χ0n) is 10.1. The summed E-state index contributed by atoms with van der Waals surface area (Å²) in [7, 11) is 0. The van der Waals surface area contributed by atoms with Crippen molar-refractivity contribution < 1.29 is 9.53 Å². The predicted molar refractivity (Wildman–Crippen MR) is 64.2 cm³/mol. The second kappa shape index (κ2) is 5.61. The summed E-state index contributed by atoms with van der Waals surface area (Å²) in [4.78, 5) is 16.0. The Morgan fingerprint density at radius 2 is 2.11 bits per heavy atom. The molecule has 1 aliphatic rings. The number of rotatable bonds is 3. The number of carbonyl (C=O) groups is 1. The highest BCUT2D eigenvalue weighted by Gasteiger charge is 2.40. The predicted octanol–water partition coefficient (Wildman–Crippen LogP) is 1.02. The van der Waals surface area contributed by atoms with E-state index in [1.807, 2.05) is 12.1 Å². The molecule has 2 heterocycles. The van der Waals surface area contributed by atoms with E-state index in [4.69, 9.17) is 4.74 Å². The monoisotopic (exact) mass is 245 g/mol. The standard InChI is InChI=1S/C13H15N3O2/c14-10-13(3-7-18-8-4-13)12(17)16-9-11-1-5-15-6-2-11/h1-2,5-6H,3-4,7-9H2,(H,16,17). The topological polar surface area (TPSA) is 75.0 Å². The number of carbonyl (C=O) groups excluding carboxylic acids is 1. The lowest BCUT2D eigenvalue weighted by Gasteiger charge is -2.29. The van der Waals surface area contributed by atoms with Crippen LogP contribution in [0.5, 0.6) is 0 Å². The first kappa shape index (κ1) is 12.5. The van der Waals surface area contributed by atoms with E-state index in [1.165, 1.54) is 0 Å². The van der Waals surface area contributed by atoms with Crippen molar-refractivity contribution in [2.75, 3.05) is 13.2 Å². The number of ether oxygens (including phenoxy) is 1. The maximum Gasteiger partial charge on any atom is 0.240 e. The molecule has 18 heavy (non-hydrogen) atoms. The van der Waals surface area contributed by atoms with E-state index >= 15 is 0 Å². The Bertz CT molecular complexity index is 447. The van der Waals surface area contributed by atoms with Crippen molar-refractivity contribution in [2.45, 2.75) is 19.4 Å². The molecule has 1 aromatic heterocycles. The minimum atomic E-state index is -0.925. The summed E-state index contributed by atoms with van der Waals surface area (Å²) in [6.07, 6.45) is 4.28. The van der Waals surface area contributed by atoms with Gasteiger partial charge in [-0.25, -0.2) is 0 Å². The van der Waals surface area contributed by atoms with Gasteiger partial charge in [-0.15, -0.1) is 0 Å². The molecule has 0 saturated carbocycles. The lowest BCUT2D eigenvalue weighted by molar-refractivity contribution is -0.132. The number of nitrogens with one attached hydrogen (secondary N) is 1. The summed E-state index contributed by atoms with van der Waals surface area (Å²) >= 11 is 0. The van der Waals surface area contributed by atoms with Crippen molar-refractivity contribution in [2.24, 2.45) is 5.41 Å². The summed E-state index contributed by atoms with van der Waals surface area (Å²) in [6.45, 7) is 1.36. The van der Waals surface area contributed by atoms with Crippen LogP contribution in [0.4, 0.5) is 0 Å². The van der Waals surface area contributed by atoms with E-state index in [0.717, 1.165) is 5.56 Å². The molecule has 1 fully saturated rings. The van der Waals surface area contributed by atoms with Crippen LogP contribution in [-0.2, 0) is 16.1 Å². The van der Waals surface area contributed by atoms with Crippen LogP contribution in [-0.4, -0.2) is 24.1 Å². The molecule has 5 heteroatoms. The van der Waals surface area contributed by atoms with E-state index in [1.54, 1.807) is 12.4 Å². The zero-order chi connectivity index (χ0) is 12.8. The number of pyridine rings is 1. The molecule has 0 radical (unpaired) electrons. The minimum absolute atomic E-state index is 0.204. The molecular weight excluding hydrogens is 230 g/mol. The molecule has 1 N–H and O–H groups in total. The molecule has 1 aliphatic heterocycles. The molecule has 0 spiro atoms. The van der Waals surface area contributed by atoms with E-state index in [-0.39, 0.29) is 5.91 Å². The maximum absolute atomic E-state index is 12.1. The van der Waals surface area contributed by atoms with Gasteiger partial charge in [-0.05, 0) is 30.5 Å². The second-order valence-corrected chi connectivity index (χ2v) is 4.34. The van der Waals surface area contributed by atoms with Crippen LogP contribution in [0.2, 0.25) is 0 Å². The maximum atomic E-state index is 12.1. The Labute approximate surface area is 106 Å². The molecule has 2 rings (SSSR count). The summed E-state index contributed by atoms with van der Waals surface area (Å²) in [6, 6.07) is 5.82. The van der Waals surface area contributed by atoms with Crippen molar-refractivity contribution in [3.63, 3.8) is 0 Å². The number of amides is 1. The second-order valence-electron chi connectivity index (χ2n) is 4.34. The molecule has 1 saturated heterocycles. The molecule has 0 unspecified atom stereocenters.